The molecule has 2 aromatic heterocycles. The number of carbonyl (C=O) groups excluding carboxylic acids is 1. The van der Waals surface area contributed by atoms with Crippen molar-refractivity contribution in [3.63, 3.8) is 0 Å². The highest BCUT2D eigenvalue weighted by Crippen LogP contribution is 2.27. The number of benzene rings is 2. The van der Waals surface area contributed by atoms with Crippen LogP contribution in [0.3, 0.4) is 0 Å². The van der Waals surface area contributed by atoms with Crippen molar-refractivity contribution >= 4 is 28.9 Å². The predicted octanol–water partition coefficient (Wildman–Crippen LogP) is 5.72. The summed E-state index contributed by atoms with van der Waals surface area (Å²) in [6, 6.07) is 19.1. The maximum absolute atomic E-state index is 12.3. The number of rotatable bonds is 8. The molecular weight excluding hydrogens is 432 g/mol. The summed E-state index contributed by atoms with van der Waals surface area (Å²) in [5.74, 6) is 0.280. The summed E-state index contributed by atoms with van der Waals surface area (Å²) < 4.78 is 11.3. The van der Waals surface area contributed by atoms with Crippen molar-refractivity contribution in [2.75, 3.05) is 0 Å². The molecule has 4 aromatic rings. The third-order valence-electron chi connectivity index (χ3n) is 4.45. The largest absolute Gasteiger partial charge is 0.489 e. The van der Waals surface area contributed by atoms with Gasteiger partial charge in [-0.25, -0.2) is 9.78 Å². The number of halogens is 1. The second-order valence-corrected chi connectivity index (χ2v) is 8.15. The highest BCUT2D eigenvalue weighted by molar-refractivity contribution is 7.09. The van der Waals surface area contributed by atoms with Crippen molar-refractivity contribution in [3.8, 4) is 5.75 Å². The molecule has 0 radical (unpaired) electrons. The molecule has 156 valence electrons. The summed E-state index contributed by atoms with van der Waals surface area (Å²) in [7, 11) is 0. The number of hydrogen-bond acceptors (Lipinski definition) is 6. The van der Waals surface area contributed by atoms with Gasteiger partial charge in [0.25, 0.3) is 0 Å². The number of aromatic nitrogens is 2. The molecule has 0 amide bonds. The molecule has 0 spiro atoms. The molecule has 0 N–H and O–H groups in total. The van der Waals surface area contributed by atoms with Crippen molar-refractivity contribution in [3.05, 3.63) is 111 Å². The van der Waals surface area contributed by atoms with Gasteiger partial charge < -0.3 is 9.47 Å². The first kappa shape index (κ1) is 21.0. The van der Waals surface area contributed by atoms with Crippen LogP contribution in [0.4, 0.5) is 0 Å². The second-order valence-electron chi connectivity index (χ2n) is 6.77. The van der Waals surface area contributed by atoms with E-state index in [4.69, 9.17) is 21.1 Å². The van der Waals surface area contributed by atoms with E-state index in [1.54, 1.807) is 29.9 Å². The highest BCUT2D eigenvalue weighted by atomic mass is 35.5. The van der Waals surface area contributed by atoms with Gasteiger partial charge in [-0.1, -0.05) is 48.0 Å². The van der Waals surface area contributed by atoms with Crippen LogP contribution in [0, 0.1) is 0 Å². The average Bonchev–Trinajstić information content (AvgIpc) is 3.27. The lowest BCUT2D eigenvalue weighted by Crippen LogP contribution is -2.06. The van der Waals surface area contributed by atoms with Crippen LogP contribution in [0.15, 0.2) is 78.4 Å². The van der Waals surface area contributed by atoms with E-state index in [0.717, 1.165) is 27.4 Å². The number of nitrogens with zero attached hydrogens (tertiary/aromatic N) is 2. The molecule has 2 aromatic carbocycles. The van der Waals surface area contributed by atoms with E-state index in [1.165, 1.54) is 11.3 Å². The van der Waals surface area contributed by atoms with Gasteiger partial charge in [-0.2, -0.15) is 0 Å². The van der Waals surface area contributed by atoms with E-state index in [1.807, 2.05) is 48.5 Å². The first-order valence-corrected chi connectivity index (χ1v) is 10.9. The maximum atomic E-state index is 12.3. The summed E-state index contributed by atoms with van der Waals surface area (Å²) in [6.07, 6.45) is 3.84. The fraction of sp³-hybridized carbons (Fsp3) is 0.125. The Morgan fingerprint density at radius 2 is 1.84 bits per heavy atom. The fourth-order valence-corrected chi connectivity index (χ4v) is 3.90. The van der Waals surface area contributed by atoms with Gasteiger partial charge in [0.05, 0.1) is 5.01 Å². The van der Waals surface area contributed by atoms with Crippen LogP contribution in [0.25, 0.3) is 0 Å². The van der Waals surface area contributed by atoms with E-state index in [0.29, 0.717) is 18.1 Å². The zero-order valence-electron chi connectivity index (χ0n) is 16.5. The fourth-order valence-electron chi connectivity index (χ4n) is 2.92. The van der Waals surface area contributed by atoms with Gasteiger partial charge in [0.2, 0.25) is 0 Å². The van der Waals surface area contributed by atoms with Crippen molar-refractivity contribution in [2.24, 2.45) is 0 Å². The van der Waals surface area contributed by atoms with E-state index < -0.39 is 5.97 Å². The number of pyridine rings is 1. The average molecular weight is 451 g/mol. The van der Waals surface area contributed by atoms with Crippen LogP contribution < -0.4 is 4.74 Å². The highest BCUT2D eigenvalue weighted by Gasteiger charge is 2.15. The van der Waals surface area contributed by atoms with Crippen LogP contribution in [0.2, 0.25) is 5.02 Å². The first-order chi connectivity index (χ1) is 15.2. The van der Waals surface area contributed by atoms with Crippen molar-refractivity contribution in [1.29, 1.82) is 0 Å². The number of hydrogen-bond donors (Lipinski definition) is 0. The SMILES string of the molecule is O=C(OCc1cccnc1)c1csc(Cc2cc(Cl)ccc2OCc2ccccc2)n1. The van der Waals surface area contributed by atoms with Crippen LogP contribution in [0.1, 0.15) is 32.2 Å². The molecule has 4 rings (SSSR count). The third kappa shape index (κ3) is 5.90. The Labute approximate surface area is 189 Å². The minimum absolute atomic E-state index is 0.158. The van der Waals surface area contributed by atoms with Gasteiger partial charge >= 0.3 is 5.97 Å². The Hall–Kier alpha value is -3.22. The molecule has 0 saturated carbocycles. The molecule has 5 nitrogen and oxygen atoms in total. The van der Waals surface area contributed by atoms with Crippen molar-refractivity contribution in [1.82, 2.24) is 9.97 Å². The first-order valence-electron chi connectivity index (χ1n) is 9.63. The Morgan fingerprint density at radius 3 is 2.65 bits per heavy atom. The Morgan fingerprint density at radius 1 is 1.00 bits per heavy atom. The van der Waals surface area contributed by atoms with Crippen LogP contribution in [-0.4, -0.2) is 15.9 Å². The lowest BCUT2D eigenvalue weighted by atomic mass is 10.1. The Bertz CT molecular complexity index is 1150. The zero-order chi connectivity index (χ0) is 21.5. The molecule has 7 heteroatoms. The van der Waals surface area contributed by atoms with Gasteiger partial charge in [0, 0.05) is 40.3 Å². The zero-order valence-corrected chi connectivity index (χ0v) is 18.1. The minimum Gasteiger partial charge on any atom is -0.489 e. The van der Waals surface area contributed by atoms with E-state index >= 15 is 0 Å². The monoisotopic (exact) mass is 450 g/mol. The van der Waals surface area contributed by atoms with Crippen molar-refractivity contribution in [2.45, 2.75) is 19.6 Å². The van der Waals surface area contributed by atoms with Gasteiger partial charge in [0.1, 0.15) is 19.0 Å². The van der Waals surface area contributed by atoms with Gasteiger partial charge in [-0.05, 0) is 29.8 Å². The molecule has 0 fully saturated rings. The molecule has 0 bridgehead atoms. The van der Waals surface area contributed by atoms with E-state index in [2.05, 4.69) is 9.97 Å². The minimum atomic E-state index is -0.460. The molecule has 0 aliphatic carbocycles. The van der Waals surface area contributed by atoms with E-state index in [-0.39, 0.29) is 12.3 Å². The standard InChI is InChI=1S/C24H19ClN2O3S/c25-20-8-9-22(29-14-17-5-2-1-3-6-17)19(11-20)12-23-27-21(16-31-23)24(28)30-15-18-7-4-10-26-13-18/h1-11,13,16H,12,14-15H2. The van der Waals surface area contributed by atoms with Gasteiger partial charge in [-0.15, -0.1) is 11.3 Å². The summed E-state index contributed by atoms with van der Waals surface area (Å²) in [5, 5.41) is 3.10. The summed E-state index contributed by atoms with van der Waals surface area (Å²) >= 11 is 7.60. The number of esters is 1. The van der Waals surface area contributed by atoms with Gasteiger partial charge in [-0.3, -0.25) is 4.98 Å². The lowest BCUT2D eigenvalue weighted by molar-refractivity contribution is 0.0466. The summed E-state index contributed by atoms with van der Waals surface area (Å²) in [6.45, 7) is 0.616. The van der Waals surface area contributed by atoms with E-state index in [9.17, 15) is 4.79 Å². The van der Waals surface area contributed by atoms with Crippen LogP contribution in [-0.2, 0) is 24.4 Å². The Kier molecular flexibility index (Phi) is 6.92. The molecule has 0 saturated heterocycles. The molecule has 2 heterocycles. The Balaban J connectivity index is 1.41. The van der Waals surface area contributed by atoms with Gasteiger partial charge in [0.15, 0.2) is 5.69 Å². The molecular formula is C24H19ClN2O3S. The summed E-state index contributed by atoms with van der Waals surface area (Å²) in [4.78, 5) is 20.8. The topological polar surface area (TPSA) is 61.3 Å². The number of thiazole rings is 1. The molecule has 0 aliphatic rings. The molecule has 0 atom stereocenters. The third-order valence-corrected chi connectivity index (χ3v) is 5.54. The normalized spacial score (nSPS) is 10.6. The number of carbonyl (C=O) groups is 1. The molecule has 31 heavy (non-hydrogen) atoms. The second kappa shape index (κ2) is 10.2. The maximum Gasteiger partial charge on any atom is 0.358 e. The molecule has 0 unspecified atom stereocenters. The predicted molar refractivity (Wildman–Crippen MR) is 121 cm³/mol. The van der Waals surface area contributed by atoms with Crippen LogP contribution >= 0.6 is 22.9 Å². The number of ether oxygens (including phenoxy) is 2. The molecule has 0 aliphatic heterocycles. The summed E-state index contributed by atoms with van der Waals surface area (Å²) in [5.41, 5.74) is 3.10. The van der Waals surface area contributed by atoms with Crippen molar-refractivity contribution < 1.29 is 14.3 Å². The quantitative estimate of drug-likeness (QED) is 0.321. The van der Waals surface area contributed by atoms with Crippen LogP contribution in [0.5, 0.6) is 5.75 Å². The lowest BCUT2D eigenvalue weighted by Gasteiger charge is -2.11. The smallest absolute Gasteiger partial charge is 0.358 e.